The lowest BCUT2D eigenvalue weighted by Crippen LogP contribution is -2.44. The van der Waals surface area contributed by atoms with E-state index in [0.29, 0.717) is 19.4 Å². The van der Waals surface area contributed by atoms with Crippen LogP contribution in [-0.4, -0.2) is 34.0 Å². The van der Waals surface area contributed by atoms with Crippen molar-refractivity contribution in [1.29, 1.82) is 0 Å². The van der Waals surface area contributed by atoms with Crippen molar-refractivity contribution < 1.29 is 24.4 Å². The second-order valence-corrected chi connectivity index (χ2v) is 10.3. The Morgan fingerprint density at radius 2 is 1.88 bits per heavy atom. The Morgan fingerprint density at radius 3 is 2.53 bits per heavy atom. The highest BCUT2D eigenvalue weighted by molar-refractivity contribution is 7.09. The summed E-state index contributed by atoms with van der Waals surface area (Å²) >= 11 is 1.54. The molecule has 2 aliphatic heterocycles. The number of phenolic OH excluding ortho intramolecular Hbond substituents is 1. The zero-order chi connectivity index (χ0) is 22.7. The molecule has 4 atom stereocenters. The fourth-order valence-corrected chi connectivity index (χ4v) is 6.42. The number of carbonyl (C=O) groups excluding carboxylic acids is 2. The fourth-order valence-electron chi connectivity index (χ4n) is 5.73. The number of fused-ring (bicyclic) bond motifs is 3. The van der Waals surface area contributed by atoms with Crippen molar-refractivity contribution in [3.05, 3.63) is 62.3 Å². The SMILES string of the molecule is CC1=C2B(O)O[C@H](c3cc(C)c(O)c(C)c3)C[C@H]2[C@H]2C(=O)N(Cc3cccs3)C(=O)[C@H]2C1. The first-order valence-corrected chi connectivity index (χ1v) is 11.8. The Labute approximate surface area is 191 Å². The molecule has 166 valence electrons. The van der Waals surface area contributed by atoms with Gasteiger partial charge in [-0.25, -0.2) is 0 Å². The molecule has 3 heterocycles. The molecule has 2 saturated heterocycles. The highest BCUT2D eigenvalue weighted by Crippen LogP contribution is 2.51. The van der Waals surface area contributed by atoms with Gasteiger partial charge in [0.1, 0.15) is 5.75 Å². The van der Waals surface area contributed by atoms with Crippen LogP contribution in [0.15, 0.2) is 40.7 Å². The zero-order valence-corrected chi connectivity index (χ0v) is 19.2. The van der Waals surface area contributed by atoms with Gasteiger partial charge in [0.2, 0.25) is 11.8 Å². The predicted molar refractivity (Wildman–Crippen MR) is 122 cm³/mol. The third-order valence-corrected chi connectivity index (χ3v) is 8.09. The molecule has 0 unspecified atom stereocenters. The Bertz CT molecular complexity index is 1100. The average Bonchev–Trinajstić information content (AvgIpc) is 3.34. The van der Waals surface area contributed by atoms with Crippen molar-refractivity contribution in [3.63, 3.8) is 0 Å². The third-order valence-electron chi connectivity index (χ3n) is 7.23. The van der Waals surface area contributed by atoms with Crippen molar-refractivity contribution >= 4 is 30.3 Å². The van der Waals surface area contributed by atoms with Gasteiger partial charge in [-0.1, -0.05) is 11.6 Å². The van der Waals surface area contributed by atoms with Gasteiger partial charge in [-0.05, 0) is 85.3 Å². The first kappa shape index (κ1) is 21.4. The number of hydrogen-bond donors (Lipinski definition) is 2. The Hall–Kier alpha value is -2.42. The largest absolute Gasteiger partial charge is 0.507 e. The van der Waals surface area contributed by atoms with Gasteiger partial charge < -0.3 is 14.8 Å². The van der Waals surface area contributed by atoms with Gasteiger partial charge in [-0.2, -0.15) is 0 Å². The van der Waals surface area contributed by atoms with E-state index in [1.54, 1.807) is 0 Å². The van der Waals surface area contributed by atoms with Gasteiger partial charge in [0.05, 0.1) is 24.5 Å². The summed E-state index contributed by atoms with van der Waals surface area (Å²) in [5, 5.41) is 23.0. The summed E-state index contributed by atoms with van der Waals surface area (Å²) in [5.74, 6) is -1.11. The van der Waals surface area contributed by atoms with E-state index >= 15 is 0 Å². The number of aromatic hydroxyl groups is 1. The maximum Gasteiger partial charge on any atom is 0.487 e. The molecule has 3 aliphatic rings. The van der Waals surface area contributed by atoms with Crippen LogP contribution in [0.4, 0.5) is 0 Å². The smallest absolute Gasteiger partial charge is 0.487 e. The van der Waals surface area contributed by atoms with E-state index in [1.807, 2.05) is 50.4 Å². The predicted octanol–water partition coefficient (Wildman–Crippen LogP) is 3.69. The van der Waals surface area contributed by atoms with Gasteiger partial charge in [0, 0.05) is 4.88 Å². The zero-order valence-electron chi connectivity index (χ0n) is 18.4. The van der Waals surface area contributed by atoms with Gasteiger partial charge in [0.25, 0.3) is 0 Å². The number of thiophene rings is 1. The molecule has 0 bridgehead atoms. The summed E-state index contributed by atoms with van der Waals surface area (Å²) in [6.07, 6.45) is 0.572. The van der Waals surface area contributed by atoms with Crippen LogP contribution in [0, 0.1) is 31.6 Å². The first-order chi connectivity index (χ1) is 15.3. The monoisotopic (exact) mass is 451 g/mol. The number of phenols is 1. The highest BCUT2D eigenvalue weighted by atomic mass is 32.1. The lowest BCUT2D eigenvalue weighted by atomic mass is 9.55. The summed E-state index contributed by atoms with van der Waals surface area (Å²) < 4.78 is 5.99. The lowest BCUT2D eigenvalue weighted by Gasteiger charge is -2.41. The van der Waals surface area contributed by atoms with E-state index in [4.69, 9.17) is 4.65 Å². The van der Waals surface area contributed by atoms with Crippen LogP contribution in [0.25, 0.3) is 0 Å². The minimum Gasteiger partial charge on any atom is -0.507 e. The number of imide groups is 1. The highest BCUT2D eigenvalue weighted by Gasteiger charge is 2.57. The van der Waals surface area contributed by atoms with Gasteiger partial charge in [-0.3, -0.25) is 14.5 Å². The number of allylic oxidation sites excluding steroid dienone is 2. The Kier molecular flexibility index (Phi) is 5.27. The number of rotatable bonds is 3. The summed E-state index contributed by atoms with van der Waals surface area (Å²) in [7, 11) is -1.11. The van der Waals surface area contributed by atoms with Gasteiger partial charge >= 0.3 is 7.12 Å². The van der Waals surface area contributed by atoms with Gasteiger partial charge in [-0.15, -0.1) is 11.3 Å². The molecule has 8 heteroatoms. The molecular weight excluding hydrogens is 425 g/mol. The van der Waals surface area contributed by atoms with E-state index in [0.717, 1.165) is 32.6 Å². The first-order valence-electron chi connectivity index (χ1n) is 11.0. The Morgan fingerprint density at radius 1 is 1.16 bits per heavy atom. The number of aryl methyl sites for hydroxylation is 2. The average molecular weight is 451 g/mol. The minimum atomic E-state index is -1.11. The van der Waals surface area contributed by atoms with Crippen LogP contribution >= 0.6 is 11.3 Å². The van der Waals surface area contributed by atoms with Crippen molar-refractivity contribution in [2.75, 3.05) is 0 Å². The topological polar surface area (TPSA) is 87.1 Å². The molecule has 0 saturated carbocycles. The molecule has 1 aromatic heterocycles. The summed E-state index contributed by atoms with van der Waals surface area (Å²) in [6, 6.07) is 7.59. The maximum absolute atomic E-state index is 13.5. The van der Waals surface area contributed by atoms with Crippen LogP contribution in [0.3, 0.4) is 0 Å². The molecule has 6 nitrogen and oxygen atoms in total. The van der Waals surface area contributed by atoms with E-state index < -0.39 is 19.1 Å². The van der Waals surface area contributed by atoms with E-state index in [9.17, 15) is 19.7 Å². The number of likely N-dealkylation sites (tertiary alicyclic amines) is 1. The number of benzene rings is 1. The molecule has 2 fully saturated rings. The molecule has 32 heavy (non-hydrogen) atoms. The van der Waals surface area contributed by atoms with E-state index in [1.165, 1.54) is 16.2 Å². The van der Waals surface area contributed by atoms with Crippen molar-refractivity contribution in [2.45, 2.75) is 46.3 Å². The summed E-state index contributed by atoms with van der Waals surface area (Å²) in [4.78, 5) is 29.1. The summed E-state index contributed by atoms with van der Waals surface area (Å²) in [5.41, 5.74) is 4.05. The van der Waals surface area contributed by atoms with Crippen LogP contribution in [0.5, 0.6) is 5.75 Å². The molecule has 2 aromatic rings. The normalized spacial score (nSPS) is 27.8. The van der Waals surface area contributed by atoms with E-state index in [2.05, 4.69) is 0 Å². The fraction of sp³-hybridized carbons (Fsp3) is 0.417. The molecule has 2 N–H and O–H groups in total. The van der Waals surface area contributed by atoms with Crippen LogP contribution in [0.2, 0.25) is 0 Å². The van der Waals surface area contributed by atoms with Crippen molar-refractivity contribution in [3.8, 4) is 5.75 Å². The quantitative estimate of drug-likeness (QED) is 0.549. The van der Waals surface area contributed by atoms with Crippen LogP contribution in [-0.2, 0) is 20.8 Å². The maximum atomic E-state index is 13.5. The minimum absolute atomic E-state index is 0.111. The Balaban J connectivity index is 1.49. The molecule has 1 aliphatic carbocycles. The number of hydrogen-bond acceptors (Lipinski definition) is 6. The van der Waals surface area contributed by atoms with Crippen LogP contribution < -0.4 is 0 Å². The molecular formula is C24H26BNO5S. The standard InChI is InChI=1S/C24H26BNO5S/c1-12-9-18-20(24(29)26(23(18)28)11-16-5-4-6-32-16)17-10-19(31-25(30)21(12)17)15-7-13(2)22(27)14(3)8-15/h4-8,17-20,27,30H,9-11H2,1-3H3/t17-,18-,19-,20+/m0/s1. The molecule has 5 rings (SSSR count). The molecule has 0 spiro atoms. The molecule has 0 radical (unpaired) electrons. The van der Waals surface area contributed by atoms with Crippen molar-refractivity contribution in [2.24, 2.45) is 17.8 Å². The third kappa shape index (κ3) is 3.32. The lowest BCUT2D eigenvalue weighted by molar-refractivity contribution is -0.140. The molecule has 1 aromatic carbocycles. The second-order valence-electron chi connectivity index (χ2n) is 9.24. The molecule has 2 amide bonds. The number of amides is 2. The van der Waals surface area contributed by atoms with Crippen LogP contribution in [0.1, 0.15) is 47.4 Å². The number of carbonyl (C=O) groups is 2. The van der Waals surface area contributed by atoms with Crippen molar-refractivity contribution in [1.82, 2.24) is 4.90 Å². The second kappa shape index (κ2) is 7.87. The summed E-state index contributed by atoms with van der Waals surface area (Å²) in [6.45, 7) is 5.90. The van der Waals surface area contributed by atoms with Gasteiger partial charge in [0.15, 0.2) is 0 Å². The van der Waals surface area contributed by atoms with E-state index in [-0.39, 0.29) is 29.4 Å². The number of nitrogens with zero attached hydrogens (tertiary/aromatic N) is 1.